The first-order chi connectivity index (χ1) is 7.65. The molecule has 16 heavy (non-hydrogen) atoms. The van der Waals surface area contributed by atoms with Gasteiger partial charge in [-0.2, -0.15) is 0 Å². The Hall–Kier alpha value is -1.36. The maximum atomic E-state index is 10.6. The first-order valence-corrected chi connectivity index (χ1v) is 5.50. The van der Waals surface area contributed by atoms with Crippen LogP contribution in [0.3, 0.4) is 0 Å². The van der Waals surface area contributed by atoms with Gasteiger partial charge in [-0.3, -0.25) is 4.79 Å². The van der Waals surface area contributed by atoms with Crippen molar-refractivity contribution < 1.29 is 4.79 Å². The second-order valence-electron chi connectivity index (χ2n) is 3.25. The highest BCUT2D eigenvalue weighted by Crippen LogP contribution is 2.19. The molecule has 0 fully saturated rings. The molecule has 0 aromatic carbocycles. The van der Waals surface area contributed by atoms with Crippen molar-refractivity contribution in [2.45, 2.75) is 20.3 Å². The predicted octanol–water partition coefficient (Wildman–Crippen LogP) is 1.24. The second kappa shape index (κ2) is 6.27. The number of halogens is 1. The van der Waals surface area contributed by atoms with E-state index in [0.717, 1.165) is 17.8 Å². The lowest BCUT2D eigenvalue weighted by Crippen LogP contribution is -2.26. The fourth-order valence-electron chi connectivity index (χ4n) is 1.28. The van der Waals surface area contributed by atoms with Crippen molar-refractivity contribution in [3.63, 3.8) is 0 Å². The van der Waals surface area contributed by atoms with E-state index in [-0.39, 0.29) is 5.91 Å². The fourth-order valence-corrected chi connectivity index (χ4v) is 1.54. The number of hydrogen-bond acceptors (Lipinski definition) is 4. The van der Waals surface area contributed by atoms with E-state index in [9.17, 15) is 4.79 Å². The van der Waals surface area contributed by atoms with E-state index in [0.29, 0.717) is 18.2 Å². The van der Waals surface area contributed by atoms with Gasteiger partial charge in [-0.15, -0.1) is 0 Å². The summed E-state index contributed by atoms with van der Waals surface area (Å²) in [5.41, 5.74) is 0.895. The number of rotatable bonds is 5. The van der Waals surface area contributed by atoms with Gasteiger partial charge in [0.2, 0.25) is 5.91 Å². The normalized spacial score (nSPS) is 9.94. The Kier molecular flexibility index (Phi) is 4.98. The monoisotopic (exact) mass is 242 g/mol. The average molecular weight is 243 g/mol. The van der Waals surface area contributed by atoms with Crippen molar-refractivity contribution >= 4 is 23.3 Å². The molecule has 0 atom stereocenters. The highest BCUT2D eigenvalue weighted by Gasteiger charge is 2.06. The zero-order chi connectivity index (χ0) is 12.0. The zero-order valence-corrected chi connectivity index (χ0v) is 10.1. The maximum Gasteiger partial charge on any atom is 0.216 e. The van der Waals surface area contributed by atoms with Crippen molar-refractivity contribution in [2.24, 2.45) is 0 Å². The van der Waals surface area contributed by atoms with Crippen LogP contribution in [0.15, 0.2) is 6.33 Å². The number of carbonyl (C=O) groups is 1. The zero-order valence-electron chi connectivity index (χ0n) is 9.38. The van der Waals surface area contributed by atoms with Crippen LogP contribution >= 0.6 is 11.6 Å². The molecule has 88 valence electrons. The van der Waals surface area contributed by atoms with E-state index < -0.39 is 0 Å². The highest BCUT2D eigenvalue weighted by atomic mass is 35.5. The molecule has 0 radical (unpaired) electrons. The topological polar surface area (TPSA) is 66.9 Å². The van der Waals surface area contributed by atoms with Crippen LogP contribution in [-0.2, 0) is 11.2 Å². The van der Waals surface area contributed by atoms with Crippen LogP contribution in [0.4, 0.5) is 5.82 Å². The van der Waals surface area contributed by atoms with Gasteiger partial charge in [0.1, 0.15) is 17.3 Å². The molecule has 1 amide bonds. The molecule has 1 heterocycles. The lowest BCUT2D eigenvalue weighted by atomic mass is 10.2. The van der Waals surface area contributed by atoms with Crippen LogP contribution in [0.2, 0.25) is 5.15 Å². The van der Waals surface area contributed by atoms with Crippen molar-refractivity contribution in [3.05, 3.63) is 17.0 Å². The Bertz CT molecular complexity index is 370. The third-order valence-electron chi connectivity index (χ3n) is 2.04. The summed E-state index contributed by atoms with van der Waals surface area (Å²) < 4.78 is 0. The molecule has 0 spiro atoms. The lowest BCUT2D eigenvalue weighted by molar-refractivity contribution is -0.118. The Morgan fingerprint density at radius 1 is 1.44 bits per heavy atom. The van der Waals surface area contributed by atoms with E-state index in [1.165, 1.54) is 13.3 Å². The van der Waals surface area contributed by atoms with Crippen LogP contribution in [0.5, 0.6) is 0 Å². The Morgan fingerprint density at radius 2 is 2.19 bits per heavy atom. The van der Waals surface area contributed by atoms with Crippen molar-refractivity contribution in [3.8, 4) is 0 Å². The number of nitrogens with one attached hydrogen (secondary N) is 2. The van der Waals surface area contributed by atoms with Crippen molar-refractivity contribution in [1.29, 1.82) is 0 Å². The standard InChI is InChI=1S/C10H15ClN4O/c1-3-8-9(11)14-6-15-10(8)13-5-4-12-7(2)16/h6H,3-5H2,1-2H3,(H,12,16)(H,13,14,15). The predicted molar refractivity (Wildman–Crippen MR) is 63.6 cm³/mol. The van der Waals surface area contributed by atoms with Gasteiger partial charge in [-0.25, -0.2) is 9.97 Å². The van der Waals surface area contributed by atoms with Gasteiger partial charge in [0, 0.05) is 25.6 Å². The minimum absolute atomic E-state index is 0.0433. The smallest absolute Gasteiger partial charge is 0.216 e. The number of aromatic nitrogens is 2. The van der Waals surface area contributed by atoms with Gasteiger partial charge in [0.15, 0.2) is 0 Å². The molecule has 0 aliphatic heterocycles. The average Bonchev–Trinajstić information content (AvgIpc) is 2.24. The molecule has 0 aliphatic rings. The van der Waals surface area contributed by atoms with Gasteiger partial charge < -0.3 is 10.6 Å². The summed E-state index contributed by atoms with van der Waals surface area (Å²) in [7, 11) is 0. The van der Waals surface area contributed by atoms with Gasteiger partial charge in [-0.05, 0) is 6.42 Å². The maximum absolute atomic E-state index is 10.6. The summed E-state index contributed by atoms with van der Waals surface area (Å²) >= 11 is 5.93. The summed E-state index contributed by atoms with van der Waals surface area (Å²) in [5.74, 6) is 0.686. The quantitative estimate of drug-likeness (QED) is 0.602. The third kappa shape index (κ3) is 3.66. The molecule has 0 bridgehead atoms. The van der Waals surface area contributed by atoms with Gasteiger partial charge in [0.05, 0.1) is 0 Å². The molecular formula is C10H15ClN4O. The summed E-state index contributed by atoms with van der Waals surface area (Å²) in [6.45, 7) is 4.64. The molecule has 1 rings (SSSR count). The SMILES string of the molecule is CCc1c(Cl)ncnc1NCCNC(C)=O. The second-order valence-corrected chi connectivity index (χ2v) is 3.61. The van der Waals surface area contributed by atoms with E-state index in [2.05, 4.69) is 20.6 Å². The summed E-state index contributed by atoms with van der Waals surface area (Å²) in [4.78, 5) is 18.7. The first-order valence-electron chi connectivity index (χ1n) is 5.12. The third-order valence-corrected chi connectivity index (χ3v) is 2.36. The number of nitrogens with zero attached hydrogens (tertiary/aromatic N) is 2. The van der Waals surface area contributed by atoms with Crippen LogP contribution in [0.25, 0.3) is 0 Å². The van der Waals surface area contributed by atoms with Gasteiger partial charge >= 0.3 is 0 Å². The summed E-state index contributed by atoms with van der Waals surface area (Å²) in [5, 5.41) is 6.27. The fraction of sp³-hybridized carbons (Fsp3) is 0.500. The van der Waals surface area contributed by atoms with E-state index in [1.807, 2.05) is 6.92 Å². The molecule has 0 saturated heterocycles. The molecule has 0 saturated carbocycles. The Morgan fingerprint density at radius 3 is 2.81 bits per heavy atom. The molecule has 1 aromatic heterocycles. The lowest BCUT2D eigenvalue weighted by Gasteiger charge is -2.10. The van der Waals surface area contributed by atoms with E-state index in [1.54, 1.807) is 0 Å². The van der Waals surface area contributed by atoms with Crippen LogP contribution in [-0.4, -0.2) is 29.0 Å². The number of anilines is 1. The number of amides is 1. The van der Waals surface area contributed by atoms with Crippen LogP contribution in [0.1, 0.15) is 19.4 Å². The highest BCUT2D eigenvalue weighted by molar-refractivity contribution is 6.30. The molecule has 2 N–H and O–H groups in total. The van der Waals surface area contributed by atoms with Gasteiger partial charge in [-0.1, -0.05) is 18.5 Å². The van der Waals surface area contributed by atoms with Crippen molar-refractivity contribution in [1.82, 2.24) is 15.3 Å². The summed E-state index contributed by atoms with van der Waals surface area (Å²) in [6.07, 6.45) is 2.18. The Balaban J connectivity index is 2.53. The van der Waals surface area contributed by atoms with E-state index >= 15 is 0 Å². The summed E-state index contributed by atoms with van der Waals surface area (Å²) in [6, 6.07) is 0. The molecule has 5 nitrogen and oxygen atoms in total. The molecule has 0 unspecified atom stereocenters. The molecule has 0 aliphatic carbocycles. The Labute approximate surface area is 99.6 Å². The van der Waals surface area contributed by atoms with Crippen molar-refractivity contribution in [2.75, 3.05) is 18.4 Å². The molecule has 6 heteroatoms. The minimum atomic E-state index is -0.0433. The first kappa shape index (κ1) is 12.7. The number of hydrogen-bond donors (Lipinski definition) is 2. The number of carbonyl (C=O) groups excluding carboxylic acids is 1. The van der Waals surface area contributed by atoms with E-state index in [4.69, 9.17) is 11.6 Å². The molecule has 1 aromatic rings. The van der Waals surface area contributed by atoms with Gasteiger partial charge in [0.25, 0.3) is 0 Å². The molecular weight excluding hydrogens is 228 g/mol. The van der Waals surface area contributed by atoms with Crippen LogP contribution in [0, 0.1) is 0 Å². The largest absolute Gasteiger partial charge is 0.368 e. The van der Waals surface area contributed by atoms with Crippen LogP contribution < -0.4 is 10.6 Å². The minimum Gasteiger partial charge on any atom is -0.368 e.